The third-order valence-corrected chi connectivity index (χ3v) is 3.20. The Morgan fingerprint density at radius 3 is 2.47 bits per heavy atom. The number of benzene rings is 1. The van der Waals surface area contributed by atoms with Gasteiger partial charge in [0.05, 0.1) is 11.8 Å². The molecule has 1 atom stereocenters. The summed E-state index contributed by atoms with van der Waals surface area (Å²) in [5.74, 6) is -0.259. The Balaban J connectivity index is 2.91. The Bertz CT molecular complexity index is 394. The van der Waals surface area contributed by atoms with Crippen LogP contribution in [0.3, 0.4) is 0 Å². The number of halogens is 1. The predicted molar refractivity (Wildman–Crippen MR) is 78.1 cm³/mol. The second kappa shape index (κ2) is 7.46. The summed E-state index contributed by atoms with van der Waals surface area (Å²) < 4.78 is 14.1. The van der Waals surface area contributed by atoms with Crippen molar-refractivity contribution in [3.05, 3.63) is 29.6 Å². The molecule has 0 aromatic heterocycles. The van der Waals surface area contributed by atoms with E-state index in [1.165, 1.54) is 6.07 Å². The number of hydrogen-bond acceptors (Lipinski definition) is 3. The predicted octanol–water partition coefficient (Wildman–Crippen LogP) is 2.66. The minimum Gasteiger partial charge on any atom is -0.389 e. The molecule has 0 bridgehead atoms. The van der Waals surface area contributed by atoms with E-state index < -0.39 is 6.10 Å². The zero-order chi connectivity index (χ0) is 14.4. The molecule has 0 spiro atoms. The molecule has 0 aliphatic carbocycles. The lowest BCUT2D eigenvalue weighted by molar-refractivity contribution is 0.199. The van der Waals surface area contributed by atoms with Gasteiger partial charge < -0.3 is 14.9 Å². The smallest absolute Gasteiger partial charge is 0.146 e. The van der Waals surface area contributed by atoms with Crippen LogP contribution in [0, 0.1) is 5.82 Å². The Morgan fingerprint density at radius 1 is 1.26 bits per heavy atom. The van der Waals surface area contributed by atoms with E-state index in [0.29, 0.717) is 11.3 Å². The average molecular weight is 268 g/mol. The molecule has 0 aliphatic heterocycles. The summed E-state index contributed by atoms with van der Waals surface area (Å²) in [5, 5.41) is 9.79. The Morgan fingerprint density at radius 2 is 1.95 bits per heavy atom. The van der Waals surface area contributed by atoms with Gasteiger partial charge in [-0.05, 0) is 47.0 Å². The van der Waals surface area contributed by atoms with Crippen LogP contribution in [0.1, 0.15) is 31.9 Å². The molecule has 1 aromatic carbocycles. The first-order valence-corrected chi connectivity index (χ1v) is 6.83. The quantitative estimate of drug-likeness (QED) is 0.823. The van der Waals surface area contributed by atoms with Crippen LogP contribution in [0.15, 0.2) is 18.2 Å². The van der Waals surface area contributed by atoms with Gasteiger partial charge in [-0.3, -0.25) is 0 Å². The van der Waals surface area contributed by atoms with E-state index >= 15 is 0 Å². The van der Waals surface area contributed by atoms with Crippen molar-refractivity contribution in [2.75, 3.05) is 38.6 Å². The van der Waals surface area contributed by atoms with Crippen molar-refractivity contribution in [2.45, 2.75) is 26.4 Å². The minimum atomic E-state index is -0.659. The normalized spacial score (nSPS) is 12.8. The molecule has 0 aliphatic rings. The van der Waals surface area contributed by atoms with E-state index in [2.05, 4.69) is 4.90 Å². The van der Waals surface area contributed by atoms with Gasteiger partial charge in [0.2, 0.25) is 0 Å². The number of para-hydroxylation sites is 1. The summed E-state index contributed by atoms with van der Waals surface area (Å²) in [7, 11) is 4.06. The molecule has 1 unspecified atom stereocenters. The van der Waals surface area contributed by atoms with Crippen molar-refractivity contribution in [2.24, 2.45) is 0 Å². The van der Waals surface area contributed by atoms with Gasteiger partial charge >= 0.3 is 0 Å². The van der Waals surface area contributed by atoms with Crippen molar-refractivity contribution in [1.29, 1.82) is 0 Å². The van der Waals surface area contributed by atoms with Crippen LogP contribution in [-0.2, 0) is 0 Å². The summed E-state index contributed by atoms with van der Waals surface area (Å²) in [5.41, 5.74) is 1.20. The van der Waals surface area contributed by atoms with Gasteiger partial charge in [0.25, 0.3) is 0 Å². The van der Waals surface area contributed by atoms with Crippen molar-refractivity contribution in [3.63, 3.8) is 0 Å². The molecule has 3 nitrogen and oxygen atoms in total. The number of aliphatic hydroxyl groups is 1. The largest absolute Gasteiger partial charge is 0.389 e. The molecular weight excluding hydrogens is 243 g/mol. The van der Waals surface area contributed by atoms with Crippen LogP contribution in [0.25, 0.3) is 0 Å². The minimum absolute atomic E-state index is 0.259. The first-order valence-electron chi connectivity index (χ1n) is 6.83. The molecule has 19 heavy (non-hydrogen) atoms. The molecule has 0 heterocycles. The first-order chi connectivity index (χ1) is 8.97. The number of nitrogens with zero attached hydrogens (tertiary/aromatic N) is 2. The highest BCUT2D eigenvalue weighted by Crippen LogP contribution is 2.29. The van der Waals surface area contributed by atoms with E-state index in [4.69, 9.17) is 0 Å². The molecular formula is C15H25FN2O. The highest BCUT2D eigenvalue weighted by atomic mass is 19.1. The van der Waals surface area contributed by atoms with Gasteiger partial charge in [0, 0.05) is 18.7 Å². The Kier molecular flexibility index (Phi) is 6.25. The first kappa shape index (κ1) is 15.9. The monoisotopic (exact) mass is 268 g/mol. The fourth-order valence-corrected chi connectivity index (χ4v) is 2.21. The standard InChI is InChI=1S/C15H25FN2O/c1-5-18(11-7-10-17(3)4)15-13(12(2)19)8-6-9-14(15)16/h6,8-9,12,19H,5,7,10-11H2,1-4H3. The van der Waals surface area contributed by atoms with E-state index in [1.54, 1.807) is 19.1 Å². The van der Waals surface area contributed by atoms with Crippen LogP contribution in [0.4, 0.5) is 10.1 Å². The fourth-order valence-electron chi connectivity index (χ4n) is 2.21. The van der Waals surface area contributed by atoms with Crippen LogP contribution < -0.4 is 4.90 Å². The maximum Gasteiger partial charge on any atom is 0.146 e. The molecule has 1 rings (SSSR count). The number of aliphatic hydroxyl groups excluding tert-OH is 1. The van der Waals surface area contributed by atoms with Gasteiger partial charge in [-0.2, -0.15) is 0 Å². The maximum absolute atomic E-state index is 14.1. The molecule has 1 N–H and O–H groups in total. The van der Waals surface area contributed by atoms with Crippen LogP contribution >= 0.6 is 0 Å². The lowest BCUT2D eigenvalue weighted by Gasteiger charge is -2.27. The van der Waals surface area contributed by atoms with Crippen LogP contribution in [0.2, 0.25) is 0 Å². The van der Waals surface area contributed by atoms with E-state index in [-0.39, 0.29) is 5.82 Å². The highest BCUT2D eigenvalue weighted by molar-refractivity contribution is 5.55. The molecule has 1 aromatic rings. The highest BCUT2D eigenvalue weighted by Gasteiger charge is 2.17. The fraction of sp³-hybridized carbons (Fsp3) is 0.600. The SMILES string of the molecule is CCN(CCCN(C)C)c1c(F)cccc1C(C)O. The van der Waals surface area contributed by atoms with Crippen molar-refractivity contribution < 1.29 is 9.50 Å². The number of rotatable bonds is 7. The zero-order valence-corrected chi connectivity index (χ0v) is 12.4. The molecule has 0 saturated carbocycles. The summed E-state index contributed by atoms with van der Waals surface area (Å²) in [6.45, 7) is 6.16. The van der Waals surface area contributed by atoms with Crippen molar-refractivity contribution in [3.8, 4) is 0 Å². The average Bonchev–Trinajstić information content (AvgIpc) is 2.34. The zero-order valence-electron chi connectivity index (χ0n) is 12.4. The number of anilines is 1. The lowest BCUT2D eigenvalue weighted by atomic mass is 10.1. The van der Waals surface area contributed by atoms with E-state index in [9.17, 15) is 9.50 Å². The Labute approximate surface area is 115 Å². The van der Waals surface area contributed by atoms with Crippen molar-refractivity contribution >= 4 is 5.69 Å². The van der Waals surface area contributed by atoms with E-state index in [0.717, 1.165) is 26.1 Å². The third-order valence-electron chi connectivity index (χ3n) is 3.20. The summed E-state index contributed by atoms with van der Waals surface area (Å²) in [6.07, 6.45) is 0.308. The number of hydrogen-bond donors (Lipinski definition) is 1. The Hall–Kier alpha value is -1.13. The van der Waals surface area contributed by atoms with Crippen LogP contribution in [0.5, 0.6) is 0 Å². The molecule has 4 heteroatoms. The third kappa shape index (κ3) is 4.48. The van der Waals surface area contributed by atoms with Gasteiger partial charge in [-0.25, -0.2) is 4.39 Å². The van der Waals surface area contributed by atoms with Gasteiger partial charge in [0.15, 0.2) is 0 Å². The van der Waals surface area contributed by atoms with Gasteiger partial charge in [-0.15, -0.1) is 0 Å². The summed E-state index contributed by atoms with van der Waals surface area (Å²) >= 11 is 0. The molecule has 0 amide bonds. The summed E-state index contributed by atoms with van der Waals surface area (Å²) in [4.78, 5) is 4.12. The van der Waals surface area contributed by atoms with Gasteiger partial charge in [0.1, 0.15) is 5.82 Å². The van der Waals surface area contributed by atoms with Crippen molar-refractivity contribution in [1.82, 2.24) is 4.90 Å². The second-order valence-electron chi connectivity index (χ2n) is 5.09. The summed E-state index contributed by atoms with van der Waals surface area (Å²) in [6, 6.07) is 4.89. The van der Waals surface area contributed by atoms with Gasteiger partial charge in [-0.1, -0.05) is 12.1 Å². The van der Waals surface area contributed by atoms with Crippen LogP contribution in [-0.4, -0.2) is 43.7 Å². The molecule has 0 fully saturated rings. The molecule has 108 valence electrons. The second-order valence-corrected chi connectivity index (χ2v) is 5.09. The topological polar surface area (TPSA) is 26.7 Å². The maximum atomic E-state index is 14.1. The molecule has 0 saturated heterocycles. The molecule has 0 radical (unpaired) electrons. The lowest BCUT2D eigenvalue weighted by Crippen LogP contribution is -2.29. The van der Waals surface area contributed by atoms with E-state index in [1.807, 2.05) is 25.9 Å².